The van der Waals surface area contributed by atoms with Gasteiger partial charge in [-0.05, 0) is 48.4 Å². The normalized spacial score (nSPS) is 14.0. The number of carbonyl (C=O) groups is 2. The number of anilines is 2. The zero-order valence-corrected chi connectivity index (χ0v) is 14.5. The van der Waals surface area contributed by atoms with E-state index in [1.165, 1.54) is 6.08 Å². The Bertz CT molecular complexity index is 848. The number of rotatable bonds is 4. The molecule has 3 amide bonds. The summed E-state index contributed by atoms with van der Waals surface area (Å²) in [7, 11) is 0. The van der Waals surface area contributed by atoms with Crippen LogP contribution in [0.3, 0.4) is 0 Å². The number of hydrogen-bond donors (Lipinski definition) is 2. The first kappa shape index (κ1) is 17.0. The summed E-state index contributed by atoms with van der Waals surface area (Å²) in [4.78, 5) is 25.5. The van der Waals surface area contributed by atoms with E-state index in [2.05, 4.69) is 10.6 Å². The Labute approximate surface area is 151 Å². The Balaban J connectivity index is 1.67. The number of carbonyl (C=O) groups excluding carboxylic acids is 2. The van der Waals surface area contributed by atoms with Crippen molar-refractivity contribution in [1.82, 2.24) is 5.32 Å². The molecule has 0 saturated carbocycles. The molecule has 2 aromatic rings. The highest BCUT2D eigenvalue weighted by Gasteiger charge is 2.21. The number of benzene rings is 2. The predicted molar refractivity (Wildman–Crippen MR) is 101 cm³/mol. The number of nitrogens with zero attached hydrogens (tertiary/aromatic N) is 1. The Morgan fingerprint density at radius 1 is 1.28 bits per heavy atom. The van der Waals surface area contributed by atoms with Crippen LogP contribution >= 0.6 is 11.6 Å². The number of aryl methyl sites for hydroxylation is 1. The van der Waals surface area contributed by atoms with E-state index in [-0.39, 0.29) is 11.9 Å². The summed E-state index contributed by atoms with van der Waals surface area (Å²) in [5, 5.41) is 6.22. The fourth-order valence-corrected chi connectivity index (χ4v) is 2.73. The van der Waals surface area contributed by atoms with Crippen molar-refractivity contribution in [2.24, 2.45) is 0 Å². The molecule has 6 heteroatoms. The minimum absolute atomic E-state index is 0.125. The van der Waals surface area contributed by atoms with E-state index in [4.69, 9.17) is 11.6 Å². The molecule has 25 heavy (non-hydrogen) atoms. The van der Waals surface area contributed by atoms with Crippen LogP contribution in [0.2, 0.25) is 5.02 Å². The van der Waals surface area contributed by atoms with E-state index in [0.717, 1.165) is 16.8 Å². The zero-order valence-electron chi connectivity index (χ0n) is 13.8. The molecule has 128 valence electrons. The third-order valence-electron chi connectivity index (χ3n) is 3.91. The van der Waals surface area contributed by atoms with Crippen molar-refractivity contribution in [2.45, 2.75) is 6.92 Å². The first-order valence-corrected chi connectivity index (χ1v) is 8.31. The van der Waals surface area contributed by atoms with E-state index in [9.17, 15) is 9.59 Å². The van der Waals surface area contributed by atoms with E-state index in [1.54, 1.807) is 29.2 Å². The fraction of sp³-hybridized carbons (Fsp3) is 0.158. The number of nitrogens with one attached hydrogen (secondary N) is 2. The Morgan fingerprint density at radius 2 is 2.12 bits per heavy atom. The van der Waals surface area contributed by atoms with Crippen molar-refractivity contribution < 1.29 is 9.59 Å². The van der Waals surface area contributed by atoms with Crippen LogP contribution in [0.25, 0.3) is 6.08 Å². The first-order valence-electron chi connectivity index (χ1n) is 7.93. The topological polar surface area (TPSA) is 61.4 Å². The third-order valence-corrected chi connectivity index (χ3v) is 4.31. The van der Waals surface area contributed by atoms with Gasteiger partial charge in [-0.2, -0.15) is 0 Å². The van der Waals surface area contributed by atoms with Crippen molar-refractivity contribution in [3.63, 3.8) is 0 Å². The summed E-state index contributed by atoms with van der Waals surface area (Å²) >= 11 is 6.08. The van der Waals surface area contributed by atoms with Gasteiger partial charge in [-0.15, -0.1) is 0 Å². The Morgan fingerprint density at radius 3 is 2.84 bits per heavy atom. The quantitative estimate of drug-likeness (QED) is 0.819. The van der Waals surface area contributed by atoms with Crippen molar-refractivity contribution >= 4 is 41.0 Å². The second-order valence-electron chi connectivity index (χ2n) is 5.77. The summed E-state index contributed by atoms with van der Waals surface area (Å²) in [6.07, 6.45) is 3.16. The lowest BCUT2D eigenvalue weighted by Crippen LogP contribution is -2.27. The molecule has 1 saturated heterocycles. The smallest absolute Gasteiger partial charge is 0.321 e. The molecule has 0 aromatic heterocycles. The van der Waals surface area contributed by atoms with Crippen molar-refractivity contribution in [3.8, 4) is 0 Å². The number of halogens is 1. The molecule has 1 aliphatic heterocycles. The molecule has 1 aliphatic rings. The lowest BCUT2D eigenvalue weighted by atomic mass is 10.1. The van der Waals surface area contributed by atoms with E-state index in [1.807, 2.05) is 31.2 Å². The van der Waals surface area contributed by atoms with Crippen LogP contribution < -0.4 is 15.5 Å². The van der Waals surface area contributed by atoms with Crippen LogP contribution in [0.15, 0.2) is 48.5 Å². The number of urea groups is 1. The van der Waals surface area contributed by atoms with Crippen LogP contribution in [0.1, 0.15) is 11.1 Å². The summed E-state index contributed by atoms with van der Waals surface area (Å²) in [5.41, 5.74) is 3.23. The second kappa shape index (κ2) is 7.40. The number of amides is 3. The fourth-order valence-electron chi connectivity index (χ4n) is 2.54. The molecule has 2 aromatic carbocycles. The molecule has 0 aliphatic carbocycles. The Kier molecular flexibility index (Phi) is 5.05. The van der Waals surface area contributed by atoms with Gasteiger partial charge in [0.05, 0.1) is 0 Å². The van der Waals surface area contributed by atoms with E-state index in [0.29, 0.717) is 23.8 Å². The van der Waals surface area contributed by atoms with Crippen molar-refractivity contribution in [1.29, 1.82) is 0 Å². The third kappa shape index (κ3) is 4.19. The van der Waals surface area contributed by atoms with Gasteiger partial charge in [-0.1, -0.05) is 29.8 Å². The molecule has 1 heterocycles. The molecule has 0 atom stereocenters. The Hall–Kier alpha value is -2.79. The van der Waals surface area contributed by atoms with Gasteiger partial charge in [0.1, 0.15) is 0 Å². The summed E-state index contributed by atoms with van der Waals surface area (Å²) in [6, 6.07) is 12.7. The molecule has 0 spiro atoms. The second-order valence-corrected chi connectivity index (χ2v) is 6.17. The van der Waals surface area contributed by atoms with E-state index < -0.39 is 0 Å². The van der Waals surface area contributed by atoms with Crippen LogP contribution in [0.4, 0.5) is 16.2 Å². The maximum absolute atomic E-state index is 12.1. The first-order chi connectivity index (χ1) is 12.0. The molecule has 1 fully saturated rings. The van der Waals surface area contributed by atoms with Gasteiger partial charge in [-0.25, -0.2) is 4.79 Å². The average molecular weight is 356 g/mol. The molecular weight excluding hydrogens is 338 g/mol. The molecule has 5 nitrogen and oxygen atoms in total. The number of hydrogen-bond acceptors (Lipinski definition) is 2. The largest absolute Gasteiger partial charge is 0.336 e. The van der Waals surface area contributed by atoms with Gasteiger partial charge in [0.15, 0.2) is 0 Å². The van der Waals surface area contributed by atoms with Gasteiger partial charge in [0.25, 0.3) is 0 Å². The molecule has 0 bridgehead atoms. The lowest BCUT2D eigenvalue weighted by Gasteiger charge is -2.15. The van der Waals surface area contributed by atoms with Crippen LogP contribution in [-0.2, 0) is 4.79 Å². The van der Waals surface area contributed by atoms with Gasteiger partial charge in [-0.3, -0.25) is 9.69 Å². The highest BCUT2D eigenvalue weighted by atomic mass is 35.5. The lowest BCUT2D eigenvalue weighted by molar-refractivity contribution is -0.111. The minimum atomic E-state index is -0.250. The summed E-state index contributed by atoms with van der Waals surface area (Å²) < 4.78 is 0. The SMILES string of the molecule is Cc1ccc(/C=C/C(=O)Nc2cccc(N3CCNC3=O)c2)cc1Cl. The van der Waals surface area contributed by atoms with Crippen LogP contribution in [0.5, 0.6) is 0 Å². The minimum Gasteiger partial charge on any atom is -0.336 e. The van der Waals surface area contributed by atoms with Crippen LogP contribution in [0, 0.1) is 6.92 Å². The standard InChI is InChI=1S/C19H18ClN3O2/c1-13-5-6-14(11-17(13)20)7-8-18(24)22-15-3-2-4-16(12-15)23-10-9-21-19(23)25/h2-8,11-12H,9-10H2,1H3,(H,21,25)(H,22,24)/b8-7+. The van der Waals surface area contributed by atoms with Crippen molar-refractivity contribution in [2.75, 3.05) is 23.3 Å². The predicted octanol–water partition coefficient (Wildman–Crippen LogP) is 3.83. The molecule has 3 rings (SSSR count). The molecular formula is C19H18ClN3O2. The summed E-state index contributed by atoms with van der Waals surface area (Å²) in [6.45, 7) is 3.16. The van der Waals surface area contributed by atoms with Gasteiger partial charge >= 0.3 is 6.03 Å². The van der Waals surface area contributed by atoms with E-state index >= 15 is 0 Å². The highest BCUT2D eigenvalue weighted by Crippen LogP contribution is 2.21. The van der Waals surface area contributed by atoms with Crippen molar-refractivity contribution in [3.05, 3.63) is 64.7 Å². The highest BCUT2D eigenvalue weighted by molar-refractivity contribution is 6.31. The maximum Gasteiger partial charge on any atom is 0.321 e. The molecule has 2 N–H and O–H groups in total. The van der Waals surface area contributed by atoms with Gasteiger partial charge in [0, 0.05) is 35.6 Å². The summed E-state index contributed by atoms with van der Waals surface area (Å²) in [5.74, 6) is -0.250. The molecule has 0 unspecified atom stereocenters. The van der Waals surface area contributed by atoms with Crippen LogP contribution in [-0.4, -0.2) is 25.0 Å². The van der Waals surface area contributed by atoms with Gasteiger partial charge < -0.3 is 10.6 Å². The monoisotopic (exact) mass is 355 g/mol. The average Bonchev–Trinajstić information content (AvgIpc) is 3.02. The molecule has 0 radical (unpaired) electrons. The zero-order chi connectivity index (χ0) is 17.8. The van der Waals surface area contributed by atoms with Gasteiger partial charge in [0.2, 0.25) is 5.91 Å². The maximum atomic E-state index is 12.1.